The van der Waals surface area contributed by atoms with Crippen LogP contribution in [0.25, 0.3) is 10.8 Å². The van der Waals surface area contributed by atoms with Crippen molar-refractivity contribution in [3.63, 3.8) is 0 Å². The molecule has 5 heteroatoms. The molecule has 0 atom stereocenters. The molecule has 0 saturated heterocycles. The van der Waals surface area contributed by atoms with Gasteiger partial charge in [-0.25, -0.2) is 8.42 Å². The highest BCUT2D eigenvalue weighted by Crippen LogP contribution is 2.24. The van der Waals surface area contributed by atoms with Crippen molar-refractivity contribution >= 4 is 26.5 Å². The molecule has 0 aliphatic rings. The van der Waals surface area contributed by atoms with Crippen molar-refractivity contribution in [2.75, 3.05) is 4.72 Å². The number of fused-ring (bicyclic) bond motifs is 1. The van der Waals surface area contributed by atoms with Crippen LogP contribution in [0.2, 0.25) is 0 Å². The monoisotopic (exact) mass is 297 g/mol. The Morgan fingerprint density at radius 2 is 1.76 bits per heavy atom. The molecule has 105 valence electrons. The van der Waals surface area contributed by atoms with Crippen LogP contribution in [0.5, 0.6) is 0 Å². The Balaban J connectivity index is 2.03. The number of nitrogens with one attached hydrogen (secondary N) is 1. The Kier molecular flexibility index (Phi) is 3.35. The molecule has 21 heavy (non-hydrogen) atoms. The number of nitrogens with zero attached hydrogens (tertiary/aromatic N) is 1. The summed E-state index contributed by atoms with van der Waals surface area (Å²) in [4.78, 5) is 4.18. The van der Waals surface area contributed by atoms with Crippen LogP contribution in [0, 0.1) is 13.1 Å². The number of hydrogen-bond acceptors (Lipinski definition) is 3. The van der Waals surface area contributed by atoms with Gasteiger partial charge < -0.3 is 0 Å². The zero-order valence-corrected chi connectivity index (χ0v) is 12.2. The summed E-state index contributed by atoms with van der Waals surface area (Å²) in [6, 6.07) is 14.1. The Bertz CT molecular complexity index is 882. The molecule has 0 aliphatic heterocycles. The minimum Gasteiger partial charge on any atom is -0.277 e. The fourth-order valence-corrected chi connectivity index (χ4v) is 3.12. The van der Waals surface area contributed by atoms with Crippen LogP contribution in [-0.2, 0) is 10.0 Å². The number of aromatic nitrogens is 1. The molecule has 0 unspecified atom stereocenters. The predicted molar refractivity (Wildman–Crippen MR) is 82.6 cm³/mol. The van der Waals surface area contributed by atoms with Crippen molar-refractivity contribution in [1.29, 1.82) is 0 Å². The topological polar surface area (TPSA) is 59.1 Å². The van der Waals surface area contributed by atoms with E-state index in [1.165, 1.54) is 6.20 Å². The van der Waals surface area contributed by atoms with Gasteiger partial charge in [-0.2, -0.15) is 0 Å². The largest absolute Gasteiger partial charge is 0.277 e. The molecular weight excluding hydrogens is 284 g/mol. The van der Waals surface area contributed by atoms with Gasteiger partial charge in [0.25, 0.3) is 10.0 Å². The number of aryl methyl sites for hydroxylation is 1. The lowest BCUT2D eigenvalue weighted by atomic mass is 10.1. The highest BCUT2D eigenvalue weighted by atomic mass is 32.2. The second kappa shape index (κ2) is 5.18. The zero-order chi connectivity index (χ0) is 14.9. The summed E-state index contributed by atoms with van der Waals surface area (Å²) >= 11 is 0. The van der Waals surface area contributed by atoms with E-state index >= 15 is 0 Å². The number of benzene rings is 2. The average molecular weight is 297 g/mol. The summed E-state index contributed by atoms with van der Waals surface area (Å²) in [5.41, 5.74) is 1.46. The van der Waals surface area contributed by atoms with Crippen LogP contribution >= 0.6 is 0 Å². The number of pyridine rings is 1. The Hall–Kier alpha value is -2.40. The molecule has 0 bridgehead atoms. The molecule has 0 fully saturated rings. The Morgan fingerprint density at radius 3 is 2.52 bits per heavy atom. The van der Waals surface area contributed by atoms with Crippen LogP contribution in [-0.4, -0.2) is 13.4 Å². The van der Waals surface area contributed by atoms with Gasteiger partial charge in [0.15, 0.2) is 0 Å². The lowest BCUT2D eigenvalue weighted by Crippen LogP contribution is -2.13. The van der Waals surface area contributed by atoms with Crippen molar-refractivity contribution < 1.29 is 8.42 Å². The van der Waals surface area contributed by atoms with E-state index < -0.39 is 10.0 Å². The molecule has 0 aliphatic carbocycles. The Labute approximate surface area is 123 Å². The smallest absolute Gasteiger partial charge is 0.261 e. The lowest BCUT2D eigenvalue weighted by molar-refractivity contribution is 0.601. The van der Waals surface area contributed by atoms with Gasteiger partial charge >= 0.3 is 0 Å². The van der Waals surface area contributed by atoms with E-state index in [4.69, 9.17) is 0 Å². The SMILES string of the molecule is Cc1ccc(S(=O)(=O)Nc2cn[c]c3ccccc23)cc1. The molecule has 1 heterocycles. The van der Waals surface area contributed by atoms with E-state index in [1.807, 2.05) is 31.2 Å². The molecule has 0 spiro atoms. The van der Waals surface area contributed by atoms with E-state index in [-0.39, 0.29) is 4.90 Å². The van der Waals surface area contributed by atoms with Crippen molar-refractivity contribution in [2.24, 2.45) is 0 Å². The predicted octanol–water partition coefficient (Wildman–Crippen LogP) is 3.14. The molecule has 2 aromatic carbocycles. The number of sulfonamides is 1. The average Bonchev–Trinajstić information content (AvgIpc) is 2.48. The molecule has 1 aromatic heterocycles. The Morgan fingerprint density at radius 1 is 1.05 bits per heavy atom. The van der Waals surface area contributed by atoms with Crippen LogP contribution in [0.3, 0.4) is 0 Å². The lowest BCUT2D eigenvalue weighted by Gasteiger charge is -2.10. The fourth-order valence-electron chi connectivity index (χ4n) is 2.05. The summed E-state index contributed by atoms with van der Waals surface area (Å²) in [6.45, 7) is 1.91. The van der Waals surface area contributed by atoms with Gasteiger partial charge in [0.05, 0.1) is 23.0 Å². The van der Waals surface area contributed by atoms with Gasteiger partial charge in [0.2, 0.25) is 0 Å². The first-order valence-electron chi connectivity index (χ1n) is 6.41. The highest BCUT2D eigenvalue weighted by molar-refractivity contribution is 7.92. The fraction of sp³-hybridized carbons (Fsp3) is 0.0625. The van der Waals surface area contributed by atoms with Crippen LogP contribution in [0.4, 0.5) is 5.69 Å². The van der Waals surface area contributed by atoms with Gasteiger partial charge in [-0.3, -0.25) is 9.71 Å². The van der Waals surface area contributed by atoms with Crippen molar-refractivity contribution in [1.82, 2.24) is 4.98 Å². The zero-order valence-electron chi connectivity index (χ0n) is 11.4. The van der Waals surface area contributed by atoms with Crippen molar-refractivity contribution in [3.8, 4) is 0 Å². The molecule has 3 aromatic rings. The molecular formula is C16H13N2O2S. The number of anilines is 1. The number of rotatable bonds is 3. The normalized spacial score (nSPS) is 11.5. The maximum atomic E-state index is 12.4. The van der Waals surface area contributed by atoms with Crippen molar-refractivity contribution in [2.45, 2.75) is 11.8 Å². The van der Waals surface area contributed by atoms with Gasteiger partial charge in [0.1, 0.15) is 0 Å². The highest BCUT2D eigenvalue weighted by Gasteiger charge is 2.15. The van der Waals surface area contributed by atoms with Gasteiger partial charge in [-0.05, 0) is 19.1 Å². The molecule has 1 N–H and O–H groups in total. The van der Waals surface area contributed by atoms with Gasteiger partial charge in [0, 0.05) is 10.8 Å². The summed E-state index contributed by atoms with van der Waals surface area (Å²) in [7, 11) is -3.63. The van der Waals surface area contributed by atoms with Crippen molar-refractivity contribution in [3.05, 3.63) is 66.5 Å². The second-order valence-electron chi connectivity index (χ2n) is 4.75. The first-order valence-corrected chi connectivity index (χ1v) is 7.89. The van der Waals surface area contributed by atoms with E-state index in [2.05, 4.69) is 15.9 Å². The van der Waals surface area contributed by atoms with Crippen LogP contribution < -0.4 is 4.72 Å². The minimum absolute atomic E-state index is 0.227. The summed E-state index contributed by atoms with van der Waals surface area (Å²) in [5.74, 6) is 0. The maximum absolute atomic E-state index is 12.4. The van der Waals surface area contributed by atoms with Crippen LogP contribution in [0.1, 0.15) is 5.56 Å². The summed E-state index contributed by atoms with van der Waals surface area (Å²) in [5, 5.41) is 1.53. The second-order valence-corrected chi connectivity index (χ2v) is 6.43. The molecule has 0 saturated carbocycles. The molecule has 1 radical (unpaired) electrons. The van der Waals surface area contributed by atoms with E-state index in [0.29, 0.717) is 5.69 Å². The minimum atomic E-state index is -3.63. The standard InChI is InChI=1S/C16H13N2O2S/c1-12-6-8-14(9-7-12)21(19,20)18-16-11-17-10-13-4-2-3-5-15(13)16/h2-9,11,18H,1H3. The third-order valence-electron chi connectivity index (χ3n) is 3.17. The number of hydrogen-bond donors (Lipinski definition) is 1. The van der Waals surface area contributed by atoms with E-state index in [0.717, 1.165) is 16.3 Å². The molecule has 0 amide bonds. The molecule has 4 nitrogen and oxygen atoms in total. The quantitative estimate of drug-likeness (QED) is 0.808. The summed E-state index contributed by atoms with van der Waals surface area (Å²) < 4.78 is 27.4. The first kappa shape index (κ1) is 13.6. The van der Waals surface area contributed by atoms with E-state index in [1.54, 1.807) is 24.3 Å². The summed E-state index contributed by atoms with van der Waals surface area (Å²) in [6.07, 6.45) is 4.31. The third-order valence-corrected chi connectivity index (χ3v) is 4.55. The van der Waals surface area contributed by atoms with E-state index in [9.17, 15) is 8.42 Å². The third kappa shape index (κ3) is 2.73. The van der Waals surface area contributed by atoms with Gasteiger partial charge in [-0.1, -0.05) is 42.0 Å². The maximum Gasteiger partial charge on any atom is 0.261 e. The van der Waals surface area contributed by atoms with Crippen LogP contribution in [0.15, 0.2) is 59.6 Å². The first-order chi connectivity index (χ1) is 10.1. The van der Waals surface area contributed by atoms with Gasteiger partial charge in [-0.15, -0.1) is 0 Å². The molecule has 3 rings (SSSR count).